The van der Waals surface area contributed by atoms with Gasteiger partial charge < -0.3 is 4.57 Å². The van der Waals surface area contributed by atoms with E-state index in [1.54, 1.807) is 0 Å². The highest BCUT2D eigenvalue weighted by Gasteiger charge is 2.21. The molecule has 0 N–H and O–H groups in total. The number of rotatable bonds is 3. The summed E-state index contributed by atoms with van der Waals surface area (Å²) in [4.78, 5) is 10.1. The van der Waals surface area contributed by atoms with E-state index in [0.717, 1.165) is 44.7 Å². The van der Waals surface area contributed by atoms with E-state index in [2.05, 4.69) is 119 Å². The monoisotopic (exact) mass is 503 g/mol. The van der Waals surface area contributed by atoms with Crippen molar-refractivity contribution < 1.29 is 0 Å². The van der Waals surface area contributed by atoms with Crippen LogP contribution in [-0.2, 0) is 7.05 Å². The lowest BCUT2D eigenvalue weighted by Crippen LogP contribution is -2.04. The van der Waals surface area contributed by atoms with E-state index >= 15 is 0 Å². The summed E-state index contributed by atoms with van der Waals surface area (Å²) in [5.41, 5.74) is 8.86. The number of nitrogens with zero attached hydrogens (tertiary/aromatic N) is 5. The number of benzene rings is 4. The highest BCUT2D eigenvalue weighted by molar-refractivity contribution is 6.16. The lowest BCUT2D eigenvalue weighted by Gasteiger charge is -2.11. The molecule has 0 aliphatic carbocycles. The summed E-state index contributed by atoms with van der Waals surface area (Å²) in [5, 5.41) is 4.63. The molecule has 186 valence electrons. The molecule has 0 aliphatic heterocycles. The van der Waals surface area contributed by atoms with Crippen LogP contribution in [0.15, 0.2) is 116 Å². The van der Waals surface area contributed by atoms with Crippen LogP contribution in [0, 0.1) is 6.92 Å². The predicted molar refractivity (Wildman–Crippen MR) is 160 cm³/mol. The molecule has 5 nitrogen and oxygen atoms in total. The van der Waals surface area contributed by atoms with E-state index in [1.807, 2.05) is 24.0 Å². The van der Waals surface area contributed by atoms with Crippen LogP contribution in [0.2, 0.25) is 0 Å². The van der Waals surface area contributed by atoms with Gasteiger partial charge in [-0.3, -0.25) is 9.13 Å². The zero-order valence-corrected chi connectivity index (χ0v) is 21.7. The van der Waals surface area contributed by atoms with E-state index in [1.165, 1.54) is 27.5 Å². The highest BCUT2D eigenvalue weighted by atomic mass is 15.2. The lowest BCUT2D eigenvalue weighted by molar-refractivity contribution is 0.842. The van der Waals surface area contributed by atoms with Crippen LogP contribution < -0.4 is 0 Å². The first kappa shape index (κ1) is 21.9. The largest absolute Gasteiger partial charge is 0.320 e. The molecular formula is C34H25N5. The third-order valence-corrected chi connectivity index (χ3v) is 7.83. The van der Waals surface area contributed by atoms with Crippen molar-refractivity contribution in [1.82, 2.24) is 23.7 Å². The molecule has 0 bridgehead atoms. The molecule has 39 heavy (non-hydrogen) atoms. The first-order valence-corrected chi connectivity index (χ1v) is 13.2. The van der Waals surface area contributed by atoms with Crippen LogP contribution in [-0.4, -0.2) is 23.7 Å². The Morgan fingerprint density at radius 3 is 2.00 bits per heavy atom. The number of imidazole rings is 1. The molecule has 0 atom stereocenters. The Hall–Kier alpha value is -5.16. The van der Waals surface area contributed by atoms with Crippen molar-refractivity contribution in [3.63, 3.8) is 0 Å². The Labute approximate surface area is 225 Å². The number of hydrogen-bond acceptors (Lipinski definition) is 2. The van der Waals surface area contributed by atoms with Gasteiger partial charge in [0.05, 0.1) is 11.0 Å². The second-order valence-corrected chi connectivity index (χ2v) is 10.1. The summed E-state index contributed by atoms with van der Waals surface area (Å²) in [7, 11) is 2.02. The molecule has 4 aromatic heterocycles. The number of fused-ring (bicyclic) bond motifs is 6. The second kappa shape index (κ2) is 8.17. The summed E-state index contributed by atoms with van der Waals surface area (Å²) in [6.45, 7) is 2.16. The quantitative estimate of drug-likeness (QED) is 0.245. The van der Waals surface area contributed by atoms with Crippen molar-refractivity contribution in [2.24, 2.45) is 7.05 Å². The minimum atomic E-state index is 0.845. The minimum Gasteiger partial charge on any atom is -0.320 e. The Balaban J connectivity index is 1.50. The maximum absolute atomic E-state index is 5.42. The van der Waals surface area contributed by atoms with Crippen molar-refractivity contribution in [3.8, 4) is 22.8 Å². The summed E-state index contributed by atoms with van der Waals surface area (Å²) in [6, 6.07) is 36.7. The fourth-order valence-corrected chi connectivity index (χ4v) is 6.00. The van der Waals surface area contributed by atoms with Crippen LogP contribution in [0.5, 0.6) is 0 Å². The summed E-state index contributed by atoms with van der Waals surface area (Å²) < 4.78 is 6.52. The number of para-hydroxylation sites is 2. The van der Waals surface area contributed by atoms with Gasteiger partial charge in [-0.25, -0.2) is 9.97 Å². The second-order valence-electron chi connectivity index (χ2n) is 10.1. The smallest absolute Gasteiger partial charge is 0.215 e. The van der Waals surface area contributed by atoms with Gasteiger partial charge in [0.2, 0.25) is 5.95 Å². The Morgan fingerprint density at radius 1 is 0.615 bits per heavy atom. The van der Waals surface area contributed by atoms with Gasteiger partial charge >= 0.3 is 0 Å². The zero-order chi connectivity index (χ0) is 26.1. The molecule has 0 fully saturated rings. The van der Waals surface area contributed by atoms with Gasteiger partial charge in [-0.05, 0) is 53.9 Å². The Bertz CT molecular complexity index is 2210. The van der Waals surface area contributed by atoms with Gasteiger partial charge in [0.15, 0.2) is 0 Å². The Morgan fingerprint density at radius 2 is 1.28 bits per heavy atom. The molecule has 0 spiro atoms. The van der Waals surface area contributed by atoms with E-state index in [9.17, 15) is 0 Å². The molecule has 0 unspecified atom stereocenters. The van der Waals surface area contributed by atoms with Crippen LogP contribution >= 0.6 is 0 Å². The molecule has 0 aliphatic rings. The third kappa shape index (κ3) is 3.13. The number of aryl methyl sites for hydroxylation is 2. The molecule has 8 rings (SSSR count). The molecule has 4 aromatic carbocycles. The predicted octanol–water partition coefficient (Wildman–Crippen LogP) is 7.98. The maximum Gasteiger partial charge on any atom is 0.215 e. The first-order valence-electron chi connectivity index (χ1n) is 13.2. The molecule has 5 heteroatoms. The van der Waals surface area contributed by atoms with Crippen LogP contribution in [0.3, 0.4) is 0 Å². The number of hydrogen-bond donors (Lipinski definition) is 0. The topological polar surface area (TPSA) is 40.6 Å². The zero-order valence-electron chi connectivity index (χ0n) is 21.7. The van der Waals surface area contributed by atoms with Gasteiger partial charge in [-0.2, -0.15) is 0 Å². The van der Waals surface area contributed by atoms with Crippen LogP contribution in [0.25, 0.3) is 66.6 Å². The third-order valence-electron chi connectivity index (χ3n) is 7.83. The van der Waals surface area contributed by atoms with Crippen molar-refractivity contribution in [1.29, 1.82) is 0 Å². The van der Waals surface area contributed by atoms with E-state index in [-0.39, 0.29) is 0 Å². The van der Waals surface area contributed by atoms with Gasteiger partial charge in [0, 0.05) is 46.7 Å². The van der Waals surface area contributed by atoms with Gasteiger partial charge in [-0.1, -0.05) is 72.8 Å². The van der Waals surface area contributed by atoms with Gasteiger partial charge in [-0.15, -0.1) is 0 Å². The Kier molecular flexibility index (Phi) is 4.58. The minimum absolute atomic E-state index is 0.845. The lowest BCUT2D eigenvalue weighted by atomic mass is 10.0. The molecule has 0 saturated heterocycles. The van der Waals surface area contributed by atoms with E-state index in [0.29, 0.717) is 0 Å². The van der Waals surface area contributed by atoms with Gasteiger partial charge in [0.1, 0.15) is 11.3 Å². The van der Waals surface area contributed by atoms with E-state index < -0.39 is 0 Å². The number of pyridine rings is 1. The first-order chi connectivity index (χ1) is 19.2. The van der Waals surface area contributed by atoms with Crippen LogP contribution in [0.4, 0.5) is 0 Å². The van der Waals surface area contributed by atoms with Crippen molar-refractivity contribution in [3.05, 3.63) is 121 Å². The summed E-state index contributed by atoms with van der Waals surface area (Å²) in [6.07, 6.45) is 3.81. The average molecular weight is 504 g/mol. The van der Waals surface area contributed by atoms with Gasteiger partial charge in [0.25, 0.3) is 0 Å². The summed E-state index contributed by atoms with van der Waals surface area (Å²) >= 11 is 0. The maximum atomic E-state index is 5.42. The van der Waals surface area contributed by atoms with Crippen molar-refractivity contribution in [2.45, 2.75) is 6.92 Å². The molecular weight excluding hydrogens is 478 g/mol. The standard InChI is InChI=1S/C34H25N5/c1-22-10-3-4-13-25(22)23-11-9-12-24(20-23)38-30-16-7-5-14-26(30)28-21-29-27-15-6-8-17-31(27)39(33(29)36-32(28)38)34-35-18-19-37(34)2/h3-21H,1-2H3. The molecule has 0 saturated carbocycles. The molecule has 0 radical (unpaired) electrons. The fourth-order valence-electron chi connectivity index (χ4n) is 6.00. The van der Waals surface area contributed by atoms with Crippen molar-refractivity contribution in [2.75, 3.05) is 0 Å². The molecule has 0 amide bonds. The summed E-state index contributed by atoms with van der Waals surface area (Å²) in [5.74, 6) is 0.845. The molecule has 8 aromatic rings. The van der Waals surface area contributed by atoms with Crippen LogP contribution in [0.1, 0.15) is 5.56 Å². The molecule has 4 heterocycles. The highest BCUT2D eigenvalue weighted by Crippen LogP contribution is 2.38. The average Bonchev–Trinajstić information content (AvgIpc) is 3.63. The number of aromatic nitrogens is 5. The fraction of sp³-hybridized carbons (Fsp3) is 0.0588. The van der Waals surface area contributed by atoms with E-state index in [4.69, 9.17) is 9.97 Å². The normalized spacial score (nSPS) is 11.8. The van der Waals surface area contributed by atoms with Crippen molar-refractivity contribution >= 4 is 43.9 Å². The SMILES string of the molecule is Cc1ccccc1-c1cccc(-n2c3ccccc3c3cc4c5ccccc5n(-c5nccn5C)c4nc32)c1.